The van der Waals surface area contributed by atoms with Crippen molar-refractivity contribution in [3.05, 3.63) is 47.0 Å². The topological polar surface area (TPSA) is 18.5 Å². The van der Waals surface area contributed by atoms with Gasteiger partial charge in [-0.2, -0.15) is 0 Å². The molecule has 0 aromatic heterocycles. The lowest BCUT2D eigenvalue weighted by molar-refractivity contribution is 0.0623. The van der Waals surface area contributed by atoms with Gasteiger partial charge < -0.3 is 9.47 Å². The summed E-state index contributed by atoms with van der Waals surface area (Å²) in [6, 6.07) is 11.1. The van der Waals surface area contributed by atoms with Crippen LogP contribution in [0.15, 0.2) is 30.3 Å². The number of rotatable bonds is 4. The van der Waals surface area contributed by atoms with Gasteiger partial charge in [0.15, 0.2) is 0 Å². The Bertz CT molecular complexity index is 610. The molecule has 0 saturated heterocycles. The van der Waals surface area contributed by atoms with Gasteiger partial charge in [-0.25, -0.2) is 0 Å². The van der Waals surface area contributed by atoms with Crippen LogP contribution in [0.3, 0.4) is 0 Å². The Hall–Kier alpha value is -1.38. The maximum Gasteiger partial charge on any atom is 0.0584 e. The van der Waals surface area contributed by atoms with Crippen LogP contribution in [0.1, 0.15) is 16.7 Å². The first-order valence-electron chi connectivity index (χ1n) is 6.71. The molecule has 2 aromatic carbocycles. The Morgan fingerprint density at radius 1 is 1.05 bits per heavy atom. The maximum absolute atomic E-state index is 5.49. The highest BCUT2D eigenvalue weighted by atomic mass is 16.5. The molecule has 0 amide bonds. The van der Waals surface area contributed by atoms with Gasteiger partial charge in [0.1, 0.15) is 0 Å². The minimum absolute atomic E-state index is 0.0286. The number of aryl methyl sites for hydroxylation is 1. The van der Waals surface area contributed by atoms with Gasteiger partial charge in [-0.3, -0.25) is 0 Å². The van der Waals surface area contributed by atoms with Crippen LogP contribution in [0.4, 0.5) is 0 Å². The summed E-state index contributed by atoms with van der Waals surface area (Å²) in [5.74, 6) is 0. The van der Waals surface area contributed by atoms with Crippen molar-refractivity contribution in [1.82, 2.24) is 0 Å². The van der Waals surface area contributed by atoms with Crippen molar-refractivity contribution in [2.75, 3.05) is 27.4 Å². The third-order valence-corrected chi connectivity index (χ3v) is 4.29. The lowest BCUT2D eigenvalue weighted by Gasteiger charge is -2.29. The van der Waals surface area contributed by atoms with E-state index in [9.17, 15) is 0 Å². The Balaban J connectivity index is 2.26. The van der Waals surface area contributed by atoms with E-state index in [2.05, 4.69) is 37.3 Å². The normalized spacial score (nSPS) is 16.2. The van der Waals surface area contributed by atoms with Crippen LogP contribution in [0.2, 0.25) is 0 Å². The van der Waals surface area contributed by atoms with Gasteiger partial charge in [-0.05, 0) is 40.8 Å². The minimum Gasteiger partial charge on any atom is -0.384 e. The fourth-order valence-corrected chi connectivity index (χ4v) is 3.53. The molecule has 1 aliphatic rings. The van der Waals surface area contributed by atoms with E-state index >= 15 is 0 Å². The Morgan fingerprint density at radius 2 is 1.79 bits per heavy atom. The highest BCUT2D eigenvalue weighted by Gasteiger charge is 2.39. The summed E-state index contributed by atoms with van der Waals surface area (Å²) in [6.45, 7) is 3.58. The van der Waals surface area contributed by atoms with E-state index in [-0.39, 0.29) is 5.41 Å². The number of benzene rings is 2. The first-order chi connectivity index (χ1) is 9.22. The zero-order valence-electron chi connectivity index (χ0n) is 11.8. The Morgan fingerprint density at radius 3 is 2.47 bits per heavy atom. The summed E-state index contributed by atoms with van der Waals surface area (Å²) < 4.78 is 11.0. The van der Waals surface area contributed by atoms with Crippen molar-refractivity contribution in [1.29, 1.82) is 0 Å². The van der Waals surface area contributed by atoms with Gasteiger partial charge in [-0.15, -0.1) is 0 Å². The molecule has 0 fully saturated rings. The summed E-state index contributed by atoms with van der Waals surface area (Å²) in [5, 5.41) is 2.78. The van der Waals surface area contributed by atoms with E-state index in [0.717, 1.165) is 6.42 Å². The summed E-state index contributed by atoms with van der Waals surface area (Å²) in [7, 11) is 3.54. The van der Waals surface area contributed by atoms with E-state index in [1.807, 2.05) is 0 Å². The highest BCUT2D eigenvalue weighted by molar-refractivity contribution is 5.94. The van der Waals surface area contributed by atoms with Gasteiger partial charge in [-0.1, -0.05) is 30.3 Å². The van der Waals surface area contributed by atoms with Crippen molar-refractivity contribution < 1.29 is 9.47 Å². The highest BCUT2D eigenvalue weighted by Crippen LogP contribution is 2.43. The molecule has 0 heterocycles. The smallest absolute Gasteiger partial charge is 0.0584 e. The van der Waals surface area contributed by atoms with E-state index in [1.165, 1.54) is 27.5 Å². The second-order valence-corrected chi connectivity index (χ2v) is 5.59. The largest absolute Gasteiger partial charge is 0.384 e. The van der Waals surface area contributed by atoms with Crippen molar-refractivity contribution in [2.24, 2.45) is 0 Å². The lowest BCUT2D eigenvalue weighted by atomic mass is 9.82. The van der Waals surface area contributed by atoms with E-state index < -0.39 is 0 Å². The van der Waals surface area contributed by atoms with Crippen molar-refractivity contribution in [2.45, 2.75) is 18.8 Å². The zero-order chi connectivity index (χ0) is 13.5. The van der Waals surface area contributed by atoms with Crippen LogP contribution in [-0.4, -0.2) is 27.4 Å². The molecule has 3 rings (SSSR count). The predicted molar refractivity (Wildman–Crippen MR) is 77.8 cm³/mol. The number of hydrogen-bond acceptors (Lipinski definition) is 2. The molecule has 0 bridgehead atoms. The number of ether oxygens (including phenoxy) is 2. The number of methoxy groups -OCH3 is 2. The standard InChI is InChI=1S/C17H20O2/c1-12-7-8-13-9-17(10-18-2,11-19-3)15-6-4-5-14(12)16(13)15/h4-8H,9-11H2,1-3H3. The average molecular weight is 256 g/mol. The van der Waals surface area contributed by atoms with Gasteiger partial charge in [0, 0.05) is 19.6 Å². The summed E-state index contributed by atoms with van der Waals surface area (Å²) in [4.78, 5) is 0. The van der Waals surface area contributed by atoms with E-state index in [0.29, 0.717) is 13.2 Å². The van der Waals surface area contributed by atoms with Crippen LogP contribution < -0.4 is 0 Å². The minimum atomic E-state index is -0.0286. The van der Waals surface area contributed by atoms with Gasteiger partial charge in [0.2, 0.25) is 0 Å². The monoisotopic (exact) mass is 256 g/mol. The molecule has 100 valence electrons. The van der Waals surface area contributed by atoms with Crippen LogP contribution in [-0.2, 0) is 21.3 Å². The molecular weight excluding hydrogens is 236 g/mol. The van der Waals surface area contributed by atoms with E-state index in [1.54, 1.807) is 14.2 Å². The maximum atomic E-state index is 5.49. The second-order valence-electron chi connectivity index (χ2n) is 5.59. The first kappa shape index (κ1) is 12.6. The third-order valence-electron chi connectivity index (χ3n) is 4.29. The predicted octanol–water partition coefficient (Wildman–Crippen LogP) is 3.23. The molecule has 2 nitrogen and oxygen atoms in total. The van der Waals surface area contributed by atoms with Crippen molar-refractivity contribution in [3.8, 4) is 0 Å². The number of hydrogen-bond donors (Lipinski definition) is 0. The van der Waals surface area contributed by atoms with Crippen molar-refractivity contribution in [3.63, 3.8) is 0 Å². The first-order valence-corrected chi connectivity index (χ1v) is 6.71. The molecule has 2 aromatic rings. The van der Waals surface area contributed by atoms with Gasteiger partial charge in [0.25, 0.3) is 0 Å². The second kappa shape index (κ2) is 4.62. The molecule has 0 radical (unpaired) electrons. The SMILES string of the molecule is COCC1(COC)Cc2ccc(C)c3cccc1c23. The summed E-state index contributed by atoms with van der Waals surface area (Å²) in [5.41, 5.74) is 4.11. The van der Waals surface area contributed by atoms with Crippen LogP contribution in [0, 0.1) is 6.92 Å². The van der Waals surface area contributed by atoms with Crippen LogP contribution in [0.5, 0.6) is 0 Å². The average Bonchev–Trinajstić information content (AvgIpc) is 2.71. The fraction of sp³-hybridized carbons (Fsp3) is 0.412. The molecule has 0 spiro atoms. The van der Waals surface area contributed by atoms with E-state index in [4.69, 9.17) is 9.47 Å². The molecule has 0 aliphatic heterocycles. The molecule has 0 atom stereocenters. The summed E-state index contributed by atoms with van der Waals surface area (Å²) >= 11 is 0. The molecule has 1 aliphatic carbocycles. The molecule has 0 saturated carbocycles. The van der Waals surface area contributed by atoms with Crippen LogP contribution in [0.25, 0.3) is 10.8 Å². The Kier molecular flexibility index (Phi) is 3.08. The molecule has 0 unspecified atom stereocenters. The molecule has 0 N–H and O–H groups in total. The molecular formula is C17H20O2. The third kappa shape index (κ3) is 1.78. The fourth-order valence-electron chi connectivity index (χ4n) is 3.53. The van der Waals surface area contributed by atoms with Gasteiger partial charge >= 0.3 is 0 Å². The molecule has 2 heteroatoms. The summed E-state index contributed by atoms with van der Waals surface area (Å²) in [6.07, 6.45) is 1.00. The lowest BCUT2D eigenvalue weighted by Crippen LogP contribution is -2.36. The van der Waals surface area contributed by atoms with Crippen LogP contribution >= 0.6 is 0 Å². The van der Waals surface area contributed by atoms with Gasteiger partial charge in [0.05, 0.1) is 13.2 Å². The van der Waals surface area contributed by atoms with Crippen molar-refractivity contribution >= 4 is 10.8 Å². The Labute approximate surface area is 114 Å². The molecule has 19 heavy (non-hydrogen) atoms. The zero-order valence-corrected chi connectivity index (χ0v) is 11.8. The quantitative estimate of drug-likeness (QED) is 0.836.